The van der Waals surface area contributed by atoms with Gasteiger partial charge in [0.15, 0.2) is 5.58 Å². The number of hydrogen-bond donors (Lipinski definition) is 0. The van der Waals surface area contributed by atoms with Gasteiger partial charge in [-0.15, -0.1) is 0 Å². The minimum Gasteiger partial charge on any atom is -0.455 e. The van der Waals surface area contributed by atoms with Crippen LogP contribution in [-0.4, -0.2) is 9.13 Å². The number of furan rings is 2. The van der Waals surface area contributed by atoms with E-state index in [-0.39, 0.29) is 0 Å². The van der Waals surface area contributed by atoms with Gasteiger partial charge in [0, 0.05) is 54.3 Å². The molecule has 0 aliphatic rings. The second-order valence-corrected chi connectivity index (χ2v) is 16.8. The van der Waals surface area contributed by atoms with Gasteiger partial charge in [0.1, 0.15) is 16.7 Å². The predicted molar refractivity (Wildman–Crippen MR) is 266 cm³/mol. The Hall–Kier alpha value is -8.60. The summed E-state index contributed by atoms with van der Waals surface area (Å²) in [7, 11) is 0. The molecule has 64 heavy (non-hydrogen) atoms. The lowest BCUT2D eigenvalue weighted by Gasteiger charge is -2.12. The topological polar surface area (TPSA) is 36.1 Å². The monoisotopic (exact) mass is 816 g/mol. The number of rotatable bonds is 5. The van der Waals surface area contributed by atoms with Crippen LogP contribution in [0, 0.1) is 0 Å². The van der Waals surface area contributed by atoms with Crippen molar-refractivity contribution in [3.05, 3.63) is 218 Å². The van der Waals surface area contributed by atoms with E-state index in [1.807, 2.05) is 0 Å². The van der Waals surface area contributed by atoms with Crippen molar-refractivity contribution in [3.63, 3.8) is 0 Å². The molecule has 298 valence electrons. The average Bonchev–Trinajstić information content (AvgIpc) is 4.11. The van der Waals surface area contributed by atoms with Gasteiger partial charge in [0.2, 0.25) is 0 Å². The first-order valence-corrected chi connectivity index (χ1v) is 21.8. The van der Waals surface area contributed by atoms with Crippen LogP contribution in [0.3, 0.4) is 0 Å². The van der Waals surface area contributed by atoms with Crippen molar-refractivity contribution < 1.29 is 8.83 Å². The van der Waals surface area contributed by atoms with Gasteiger partial charge >= 0.3 is 0 Å². The van der Waals surface area contributed by atoms with E-state index in [9.17, 15) is 0 Å². The van der Waals surface area contributed by atoms with Crippen LogP contribution in [0.5, 0.6) is 0 Å². The first kappa shape index (κ1) is 35.0. The van der Waals surface area contributed by atoms with Gasteiger partial charge in [-0.1, -0.05) is 146 Å². The molecule has 0 bridgehead atoms. The third kappa shape index (κ3) is 5.11. The lowest BCUT2D eigenvalue weighted by Crippen LogP contribution is -1.95. The van der Waals surface area contributed by atoms with Gasteiger partial charge in [-0.2, -0.15) is 0 Å². The standard InChI is InChI=1S/C60H36N2O2/c1-3-15-37(16-4-1)41-33-50-48-31-39(28-30-58(48)64-60(50)56(34-41)62-54-25-13-9-21-45(54)46-22-10-14-26-55(46)62)40-27-29-57-49(32-40)51-36-42(35-47(59(51)63-57)38-17-5-2-6-18-38)61-52-23-11-7-19-43(52)44-20-8-12-24-53(44)61/h1-36H. The third-order valence-electron chi connectivity index (χ3n) is 13.3. The molecule has 14 aromatic rings. The molecule has 0 unspecified atom stereocenters. The first-order chi connectivity index (χ1) is 31.7. The fraction of sp³-hybridized carbons (Fsp3) is 0. The van der Waals surface area contributed by atoms with E-state index >= 15 is 0 Å². The Morgan fingerprint density at radius 1 is 0.266 bits per heavy atom. The minimum absolute atomic E-state index is 0.851. The summed E-state index contributed by atoms with van der Waals surface area (Å²) < 4.78 is 18.5. The maximum absolute atomic E-state index is 6.93. The van der Waals surface area contributed by atoms with Gasteiger partial charge in [0.25, 0.3) is 0 Å². The normalized spacial score (nSPS) is 12.1. The van der Waals surface area contributed by atoms with Crippen molar-refractivity contribution in [2.24, 2.45) is 0 Å². The van der Waals surface area contributed by atoms with Crippen LogP contribution >= 0.6 is 0 Å². The molecule has 0 saturated carbocycles. The van der Waals surface area contributed by atoms with Crippen LogP contribution < -0.4 is 0 Å². The Balaban J connectivity index is 0.996. The van der Waals surface area contributed by atoms with E-state index in [1.165, 1.54) is 32.6 Å². The van der Waals surface area contributed by atoms with E-state index in [0.717, 1.165) is 99.7 Å². The summed E-state index contributed by atoms with van der Waals surface area (Å²) in [6.07, 6.45) is 0. The molecule has 4 aromatic heterocycles. The summed E-state index contributed by atoms with van der Waals surface area (Å²) in [5, 5.41) is 9.21. The maximum atomic E-state index is 6.93. The SMILES string of the molecule is c1ccc(-c2cc(-n3c4ccccc4c4ccccc43)c3oc4ccc(-c5ccc6oc7c(-c8ccccc8)cc(-n8c9ccccc9c9ccccc98)cc7c6c5)cc4c3c2)cc1. The second kappa shape index (κ2) is 13.4. The molecule has 0 atom stereocenters. The summed E-state index contributed by atoms with van der Waals surface area (Å²) in [6, 6.07) is 78.4. The number of aromatic nitrogens is 2. The zero-order valence-corrected chi connectivity index (χ0v) is 34.5. The molecule has 0 saturated heterocycles. The number of benzene rings is 10. The maximum Gasteiger partial charge on any atom is 0.159 e. The molecule has 4 heterocycles. The highest BCUT2D eigenvalue weighted by molar-refractivity contribution is 6.16. The molecule has 0 radical (unpaired) electrons. The highest BCUT2D eigenvalue weighted by Gasteiger charge is 2.22. The van der Waals surface area contributed by atoms with Crippen LogP contribution in [0.15, 0.2) is 227 Å². The molecule has 14 rings (SSSR count). The smallest absolute Gasteiger partial charge is 0.159 e. The summed E-state index contributed by atoms with van der Waals surface area (Å²) in [5.41, 5.74) is 16.9. The fourth-order valence-electron chi connectivity index (χ4n) is 10.4. The molecular weight excluding hydrogens is 781 g/mol. The van der Waals surface area contributed by atoms with Crippen LogP contribution in [0.25, 0.3) is 132 Å². The second-order valence-electron chi connectivity index (χ2n) is 16.8. The van der Waals surface area contributed by atoms with Gasteiger partial charge in [-0.3, -0.25) is 0 Å². The Morgan fingerprint density at radius 3 is 1.25 bits per heavy atom. The van der Waals surface area contributed by atoms with Gasteiger partial charge in [0.05, 0.1) is 27.8 Å². The molecule has 4 heteroatoms. The number of nitrogens with zero attached hydrogens (tertiary/aromatic N) is 2. The highest BCUT2D eigenvalue weighted by atomic mass is 16.3. The van der Waals surface area contributed by atoms with Gasteiger partial charge in [-0.25, -0.2) is 0 Å². The molecular formula is C60H36N2O2. The Morgan fingerprint density at radius 2 is 0.703 bits per heavy atom. The van der Waals surface area contributed by atoms with Crippen molar-refractivity contribution in [3.8, 4) is 44.8 Å². The van der Waals surface area contributed by atoms with Crippen molar-refractivity contribution in [2.45, 2.75) is 0 Å². The lowest BCUT2D eigenvalue weighted by atomic mass is 9.97. The van der Waals surface area contributed by atoms with Gasteiger partial charge in [-0.05, 0) is 101 Å². The summed E-state index contributed by atoms with van der Waals surface area (Å²) in [5.74, 6) is 0. The molecule has 0 fully saturated rings. The van der Waals surface area contributed by atoms with Crippen molar-refractivity contribution in [2.75, 3.05) is 0 Å². The molecule has 0 aliphatic carbocycles. The highest BCUT2D eigenvalue weighted by Crippen LogP contribution is 2.44. The quantitative estimate of drug-likeness (QED) is 0.173. The zero-order valence-electron chi connectivity index (χ0n) is 34.5. The Bertz CT molecular complexity index is 4060. The van der Waals surface area contributed by atoms with E-state index in [4.69, 9.17) is 8.83 Å². The van der Waals surface area contributed by atoms with Crippen molar-refractivity contribution >= 4 is 87.5 Å². The van der Waals surface area contributed by atoms with Gasteiger partial charge < -0.3 is 18.0 Å². The lowest BCUT2D eigenvalue weighted by molar-refractivity contribution is 0.666. The Kier molecular flexibility index (Phi) is 7.36. The zero-order chi connectivity index (χ0) is 41.9. The van der Waals surface area contributed by atoms with Crippen LogP contribution in [0.1, 0.15) is 0 Å². The van der Waals surface area contributed by atoms with E-state index in [0.29, 0.717) is 0 Å². The Labute approximate surface area is 367 Å². The first-order valence-electron chi connectivity index (χ1n) is 21.8. The van der Waals surface area contributed by atoms with E-state index in [2.05, 4.69) is 228 Å². The third-order valence-corrected chi connectivity index (χ3v) is 13.3. The van der Waals surface area contributed by atoms with Crippen LogP contribution in [0.4, 0.5) is 0 Å². The average molecular weight is 817 g/mol. The van der Waals surface area contributed by atoms with E-state index in [1.54, 1.807) is 0 Å². The summed E-state index contributed by atoms with van der Waals surface area (Å²) >= 11 is 0. The summed E-state index contributed by atoms with van der Waals surface area (Å²) in [6.45, 7) is 0. The van der Waals surface area contributed by atoms with E-state index < -0.39 is 0 Å². The largest absolute Gasteiger partial charge is 0.455 e. The molecule has 4 nitrogen and oxygen atoms in total. The van der Waals surface area contributed by atoms with Crippen molar-refractivity contribution in [1.82, 2.24) is 9.13 Å². The molecule has 0 N–H and O–H groups in total. The number of hydrogen-bond acceptors (Lipinski definition) is 2. The number of para-hydroxylation sites is 4. The fourth-order valence-corrected chi connectivity index (χ4v) is 10.4. The molecule has 0 spiro atoms. The molecule has 0 amide bonds. The van der Waals surface area contributed by atoms with Crippen LogP contribution in [0.2, 0.25) is 0 Å². The summed E-state index contributed by atoms with van der Waals surface area (Å²) in [4.78, 5) is 0. The van der Waals surface area contributed by atoms with Crippen LogP contribution in [-0.2, 0) is 0 Å². The molecule has 0 aliphatic heterocycles. The minimum atomic E-state index is 0.851. The van der Waals surface area contributed by atoms with Crippen molar-refractivity contribution in [1.29, 1.82) is 0 Å². The molecule has 10 aromatic carbocycles. The number of fused-ring (bicyclic) bond motifs is 12. The predicted octanol–water partition coefficient (Wildman–Crippen LogP) is 16.7.